The molecule has 3 rings (SSSR count). The highest BCUT2D eigenvalue weighted by molar-refractivity contribution is 9.10. The van der Waals surface area contributed by atoms with E-state index in [0.29, 0.717) is 48.9 Å². The molecule has 6 nitrogen and oxygen atoms in total. The van der Waals surface area contributed by atoms with Crippen LogP contribution in [-0.2, 0) is 15.9 Å². The van der Waals surface area contributed by atoms with Crippen molar-refractivity contribution in [2.45, 2.75) is 13.3 Å². The van der Waals surface area contributed by atoms with Crippen LogP contribution < -0.4 is 9.47 Å². The fraction of sp³-hybridized carbons (Fsp3) is 0.231. The quantitative estimate of drug-likeness (QED) is 0.192. The summed E-state index contributed by atoms with van der Waals surface area (Å²) in [6, 6.07) is 21.3. The summed E-state index contributed by atoms with van der Waals surface area (Å²) in [6.07, 6.45) is 0.716. The molecule has 3 aromatic carbocycles. The Morgan fingerprint density at radius 2 is 1.61 bits per heavy atom. The first-order chi connectivity index (χ1) is 16.1. The predicted octanol–water partition coefficient (Wildman–Crippen LogP) is 5.48. The van der Waals surface area contributed by atoms with Gasteiger partial charge in [-0.25, -0.2) is 9.59 Å². The maximum absolute atomic E-state index is 12.8. The number of esters is 2. The first-order valence-electron chi connectivity index (χ1n) is 10.6. The fourth-order valence-electron chi connectivity index (χ4n) is 2.95. The maximum Gasteiger partial charge on any atom is 0.347 e. The van der Waals surface area contributed by atoms with Crippen molar-refractivity contribution in [3.05, 3.63) is 94.0 Å². The van der Waals surface area contributed by atoms with Crippen LogP contribution in [0.2, 0.25) is 0 Å². The number of hydrogen-bond acceptors (Lipinski definition) is 6. The monoisotopic (exact) mass is 512 g/mol. The molecule has 0 heterocycles. The lowest BCUT2D eigenvalue weighted by Crippen LogP contribution is -2.13. The molecule has 7 heteroatoms. The minimum Gasteiger partial charge on any atom is -0.492 e. The van der Waals surface area contributed by atoms with Crippen molar-refractivity contribution in [3.63, 3.8) is 0 Å². The summed E-state index contributed by atoms with van der Waals surface area (Å²) in [5, 5.41) is 0. The van der Waals surface area contributed by atoms with E-state index in [9.17, 15) is 9.59 Å². The summed E-state index contributed by atoms with van der Waals surface area (Å²) >= 11 is 3.39. The SMILES string of the molecule is CCOCCOC(=O)c1ccc(OC(=O)c2cc(Br)ccc2OCCc2ccccc2)cc1. The second-order valence-electron chi connectivity index (χ2n) is 6.97. The molecule has 0 saturated heterocycles. The van der Waals surface area contributed by atoms with Crippen LogP contribution in [0.15, 0.2) is 77.3 Å². The molecule has 33 heavy (non-hydrogen) atoms. The molecule has 3 aromatic rings. The van der Waals surface area contributed by atoms with E-state index in [-0.39, 0.29) is 6.61 Å². The van der Waals surface area contributed by atoms with E-state index >= 15 is 0 Å². The molecule has 0 aromatic heterocycles. The minimum atomic E-state index is -0.557. The standard InChI is InChI=1S/C26H25BrO6/c1-2-30-16-17-32-25(28)20-8-11-22(12-9-20)33-26(29)23-18-21(27)10-13-24(23)31-15-14-19-6-4-3-5-7-19/h3-13,18H,2,14-17H2,1H3. The molecule has 0 atom stereocenters. The number of hydrogen-bond donors (Lipinski definition) is 0. The third-order valence-corrected chi connectivity index (χ3v) is 5.11. The average Bonchev–Trinajstić information content (AvgIpc) is 2.83. The van der Waals surface area contributed by atoms with Crippen LogP contribution in [0.3, 0.4) is 0 Å². The first-order valence-corrected chi connectivity index (χ1v) is 11.4. The molecule has 0 aliphatic carbocycles. The highest BCUT2D eigenvalue weighted by Crippen LogP contribution is 2.25. The van der Waals surface area contributed by atoms with Gasteiger partial charge in [-0.3, -0.25) is 0 Å². The molecule has 0 N–H and O–H groups in total. The molecular weight excluding hydrogens is 488 g/mol. The zero-order valence-electron chi connectivity index (χ0n) is 18.3. The lowest BCUT2D eigenvalue weighted by Gasteiger charge is -2.12. The molecule has 0 radical (unpaired) electrons. The summed E-state index contributed by atoms with van der Waals surface area (Å²) in [5.41, 5.74) is 1.81. The highest BCUT2D eigenvalue weighted by atomic mass is 79.9. The second-order valence-corrected chi connectivity index (χ2v) is 7.89. The summed E-state index contributed by atoms with van der Waals surface area (Å²) in [7, 11) is 0. The first kappa shape index (κ1) is 24.5. The molecule has 0 fully saturated rings. The molecule has 0 bridgehead atoms. The van der Waals surface area contributed by atoms with Crippen LogP contribution in [-0.4, -0.2) is 38.4 Å². The number of ether oxygens (including phenoxy) is 4. The zero-order valence-corrected chi connectivity index (χ0v) is 19.9. The number of carbonyl (C=O) groups excluding carboxylic acids is 2. The molecule has 0 saturated carbocycles. The van der Waals surface area contributed by atoms with Gasteiger partial charge in [-0.15, -0.1) is 0 Å². The lowest BCUT2D eigenvalue weighted by molar-refractivity contribution is 0.0335. The average molecular weight is 513 g/mol. The van der Waals surface area contributed by atoms with Crippen molar-refractivity contribution in [1.29, 1.82) is 0 Å². The fourth-order valence-corrected chi connectivity index (χ4v) is 3.31. The molecule has 172 valence electrons. The summed E-state index contributed by atoms with van der Waals surface area (Å²) in [5.74, 6) is -0.276. The smallest absolute Gasteiger partial charge is 0.347 e. The third kappa shape index (κ3) is 7.73. The van der Waals surface area contributed by atoms with E-state index in [1.54, 1.807) is 42.5 Å². The Balaban J connectivity index is 1.60. The van der Waals surface area contributed by atoms with Gasteiger partial charge >= 0.3 is 11.9 Å². The largest absolute Gasteiger partial charge is 0.492 e. The van der Waals surface area contributed by atoms with Crippen LogP contribution in [0, 0.1) is 0 Å². The van der Waals surface area contributed by atoms with Crippen molar-refractivity contribution >= 4 is 27.9 Å². The van der Waals surface area contributed by atoms with Gasteiger partial charge in [0.25, 0.3) is 0 Å². The molecule has 0 amide bonds. The van der Waals surface area contributed by atoms with Crippen molar-refractivity contribution < 1.29 is 28.5 Å². The molecule has 0 aliphatic heterocycles. The Bertz CT molecular complexity index is 1050. The van der Waals surface area contributed by atoms with Gasteiger partial charge in [-0.2, -0.15) is 0 Å². The predicted molar refractivity (Wildman–Crippen MR) is 128 cm³/mol. The van der Waals surface area contributed by atoms with E-state index in [2.05, 4.69) is 15.9 Å². The van der Waals surface area contributed by atoms with Crippen LogP contribution in [0.1, 0.15) is 33.2 Å². The van der Waals surface area contributed by atoms with E-state index in [4.69, 9.17) is 18.9 Å². The Kier molecular flexibility index (Phi) is 9.47. The van der Waals surface area contributed by atoms with Crippen LogP contribution >= 0.6 is 15.9 Å². The molecular formula is C26H25BrO6. The van der Waals surface area contributed by atoms with Crippen LogP contribution in [0.25, 0.3) is 0 Å². The number of halogens is 1. The number of benzene rings is 3. The second kappa shape index (κ2) is 12.8. The van der Waals surface area contributed by atoms with Gasteiger partial charge in [0.1, 0.15) is 23.7 Å². The van der Waals surface area contributed by atoms with Gasteiger partial charge in [-0.05, 0) is 55.0 Å². The molecule has 0 unspecified atom stereocenters. The van der Waals surface area contributed by atoms with Gasteiger partial charge in [0.15, 0.2) is 0 Å². The van der Waals surface area contributed by atoms with Gasteiger partial charge in [0, 0.05) is 17.5 Å². The zero-order chi connectivity index (χ0) is 23.5. The van der Waals surface area contributed by atoms with Crippen LogP contribution in [0.4, 0.5) is 0 Å². The van der Waals surface area contributed by atoms with Crippen molar-refractivity contribution in [3.8, 4) is 11.5 Å². The molecule has 0 aliphatic rings. The Labute approximate surface area is 201 Å². The summed E-state index contributed by atoms with van der Waals surface area (Å²) in [4.78, 5) is 24.9. The maximum atomic E-state index is 12.8. The summed E-state index contributed by atoms with van der Waals surface area (Å²) < 4.78 is 22.4. The van der Waals surface area contributed by atoms with E-state index < -0.39 is 11.9 Å². The minimum absolute atomic E-state index is 0.180. The van der Waals surface area contributed by atoms with Crippen molar-refractivity contribution in [1.82, 2.24) is 0 Å². The Morgan fingerprint density at radius 3 is 2.33 bits per heavy atom. The van der Waals surface area contributed by atoms with Gasteiger partial charge in [0.05, 0.1) is 18.8 Å². The highest BCUT2D eigenvalue weighted by Gasteiger charge is 2.17. The van der Waals surface area contributed by atoms with Gasteiger partial charge in [0.2, 0.25) is 0 Å². The Morgan fingerprint density at radius 1 is 0.848 bits per heavy atom. The van der Waals surface area contributed by atoms with Gasteiger partial charge in [-0.1, -0.05) is 46.3 Å². The lowest BCUT2D eigenvalue weighted by atomic mass is 10.1. The normalized spacial score (nSPS) is 10.5. The van der Waals surface area contributed by atoms with Gasteiger partial charge < -0.3 is 18.9 Å². The summed E-state index contributed by atoms with van der Waals surface area (Å²) in [6.45, 7) is 3.39. The Hall–Kier alpha value is -3.16. The van der Waals surface area contributed by atoms with Crippen molar-refractivity contribution in [2.75, 3.05) is 26.4 Å². The third-order valence-electron chi connectivity index (χ3n) is 4.62. The number of rotatable bonds is 11. The van der Waals surface area contributed by atoms with E-state index in [0.717, 1.165) is 10.0 Å². The van der Waals surface area contributed by atoms with E-state index in [1.807, 2.05) is 37.3 Å². The topological polar surface area (TPSA) is 71.1 Å². The molecule has 0 spiro atoms. The van der Waals surface area contributed by atoms with Crippen molar-refractivity contribution in [2.24, 2.45) is 0 Å². The van der Waals surface area contributed by atoms with Crippen LogP contribution in [0.5, 0.6) is 11.5 Å². The number of carbonyl (C=O) groups is 2. The van der Waals surface area contributed by atoms with E-state index in [1.165, 1.54) is 0 Å².